The van der Waals surface area contributed by atoms with Crippen molar-refractivity contribution in [1.29, 1.82) is 0 Å². The topological polar surface area (TPSA) is 0 Å². The lowest BCUT2D eigenvalue weighted by molar-refractivity contribution is 0.514. The van der Waals surface area contributed by atoms with Crippen LogP contribution in [-0.4, -0.2) is 0 Å². The van der Waals surface area contributed by atoms with E-state index in [1.54, 1.807) is 16.7 Å². The van der Waals surface area contributed by atoms with Crippen molar-refractivity contribution in [2.24, 2.45) is 0 Å². The lowest BCUT2D eigenvalue weighted by Crippen LogP contribution is -2.19. The maximum absolute atomic E-state index is 6.23. The van der Waals surface area contributed by atoms with Crippen LogP contribution in [-0.2, 0) is 19.3 Å². The maximum atomic E-state index is 6.23. The van der Waals surface area contributed by atoms with Crippen molar-refractivity contribution in [3.63, 3.8) is 0 Å². The Balaban J connectivity index is 1.62. The molecule has 0 saturated carbocycles. The van der Waals surface area contributed by atoms with Crippen LogP contribution in [0.2, 0.25) is 5.02 Å². The predicted octanol–water partition coefficient (Wildman–Crippen LogP) is 6.94. The summed E-state index contributed by atoms with van der Waals surface area (Å²) in [6.45, 7) is 2.40. The summed E-state index contributed by atoms with van der Waals surface area (Å²) in [5, 5.41) is 0.850. The minimum atomic E-state index is 0.626. The Hall–Kier alpha value is -2.05. The minimum absolute atomic E-state index is 0.626. The first-order chi connectivity index (χ1) is 12.7. The van der Waals surface area contributed by atoms with Crippen LogP contribution in [0.1, 0.15) is 53.0 Å². The van der Waals surface area contributed by atoms with Gasteiger partial charge in [-0.1, -0.05) is 67.1 Å². The Morgan fingerprint density at radius 2 is 1.65 bits per heavy atom. The van der Waals surface area contributed by atoms with Gasteiger partial charge in [-0.25, -0.2) is 0 Å². The third kappa shape index (κ3) is 2.59. The predicted molar refractivity (Wildman–Crippen MR) is 110 cm³/mol. The largest absolute Gasteiger partial charge is 0.0843 e. The van der Waals surface area contributed by atoms with Crippen molar-refractivity contribution in [3.05, 3.63) is 93.5 Å². The van der Waals surface area contributed by atoms with Crippen molar-refractivity contribution in [2.75, 3.05) is 0 Å². The third-order valence-corrected chi connectivity index (χ3v) is 6.59. The van der Waals surface area contributed by atoms with E-state index in [4.69, 9.17) is 11.6 Å². The van der Waals surface area contributed by atoms with Gasteiger partial charge >= 0.3 is 0 Å². The minimum Gasteiger partial charge on any atom is -0.0843 e. The van der Waals surface area contributed by atoms with Gasteiger partial charge < -0.3 is 0 Å². The van der Waals surface area contributed by atoms with E-state index in [9.17, 15) is 0 Å². The first-order valence-electron chi connectivity index (χ1n) is 9.69. The fraction of sp³-hybridized carbons (Fsp3) is 0.280. The molecule has 0 fully saturated rings. The highest BCUT2D eigenvalue weighted by atomic mass is 35.5. The molecule has 0 radical (unpaired) electrons. The molecule has 0 aromatic heterocycles. The van der Waals surface area contributed by atoms with Gasteiger partial charge in [0.2, 0.25) is 0 Å². The van der Waals surface area contributed by atoms with Crippen molar-refractivity contribution < 1.29 is 0 Å². The zero-order valence-corrected chi connectivity index (χ0v) is 15.9. The van der Waals surface area contributed by atoms with Crippen LogP contribution >= 0.6 is 11.6 Å². The number of halogens is 1. The van der Waals surface area contributed by atoms with Gasteiger partial charge in [0.25, 0.3) is 0 Å². The summed E-state index contributed by atoms with van der Waals surface area (Å²) >= 11 is 6.23. The lowest BCUT2D eigenvalue weighted by atomic mass is 9.70. The van der Waals surface area contributed by atoms with Crippen LogP contribution in [0.5, 0.6) is 0 Å². The molecule has 0 amide bonds. The zero-order chi connectivity index (χ0) is 17.7. The van der Waals surface area contributed by atoms with Crippen molar-refractivity contribution in [3.8, 4) is 11.1 Å². The molecule has 130 valence electrons. The van der Waals surface area contributed by atoms with E-state index in [1.807, 2.05) is 6.07 Å². The normalized spacial score (nSPS) is 20.8. The number of hydrogen-bond donors (Lipinski definition) is 0. The molecule has 0 spiro atoms. The standard InChI is InChI=1S/C25H23Cl/c1-16-13-19(17-5-3-2-4-6-17)15-25-21(16)11-12-23-22-10-8-20(26)14-18(22)7-9-24(23)25/h2-6,8,10-12,14,16,19H,7,9,13,15H2,1H3. The number of hydrogen-bond acceptors (Lipinski definition) is 0. The van der Waals surface area contributed by atoms with Gasteiger partial charge in [-0.15, -0.1) is 0 Å². The summed E-state index contributed by atoms with van der Waals surface area (Å²) < 4.78 is 0. The molecule has 2 aliphatic rings. The molecule has 5 rings (SSSR count). The fourth-order valence-electron chi connectivity index (χ4n) is 5.11. The van der Waals surface area contributed by atoms with Gasteiger partial charge in [-0.05, 0) is 88.6 Å². The summed E-state index contributed by atoms with van der Waals surface area (Å²) in [7, 11) is 0. The van der Waals surface area contributed by atoms with Gasteiger partial charge in [0.05, 0.1) is 0 Å². The molecule has 3 aromatic rings. The number of benzene rings is 3. The second kappa shape index (κ2) is 6.28. The van der Waals surface area contributed by atoms with Crippen LogP contribution in [0, 0.1) is 0 Å². The molecule has 0 heterocycles. The zero-order valence-electron chi connectivity index (χ0n) is 15.1. The Labute approximate surface area is 160 Å². The van der Waals surface area contributed by atoms with Crippen molar-refractivity contribution >= 4 is 11.6 Å². The summed E-state index contributed by atoms with van der Waals surface area (Å²) in [5.41, 5.74) is 10.5. The Kier molecular flexibility index (Phi) is 3.90. The second-order valence-electron chi connectivity index (χ2n) is 7.91. The van der Waals surface area contributed by atoms with Crippen LogP contribution in [0.3, 0.4) is 0 Å². The SMILES string of the molecule is CC1CC(c2ccccc2)Cc2c1ccc1c2CCc2cc(Cl)ccc2-1. The third-order valence-electron chi connectivity index (χ3n) is 6.36. The summed E-state index contributed by atoms with van der Waals surface area (Å²) in [6.07, 6.45) is 4.67. The van der Waals surface area contributed by atoms with E-state index < -0.39 is 0 Å². The highest BCUT2D eigenvalue weighted by molar-refractivity contribution is 6.30. The van der Waals surface area contributed by atoms with Crippen molar-refractivity contribution in [1.82, 2.24) is 0 Å². The lowest BCUT2D eigenvalue weighted by Gasteiger charge is -2.34. The molecule has 26 heavy (non-hydrogen) atoms. The van der Waals surface area contributed by atoms with Crippen LogP contribution in [0.25, 0.3) is 11.1 Å². The molecule has 3 aromatic carbocycles. The smallest absolute Gasteiger partial charge is 0.0409 e. The van der Waals surface area contributed by atoms with E-state index in [0.29, 0.717) is 11.8 Å². The molecule has 0 nitrogen and oxygen atoms in total. The van der Waals surface area contributed by atoms with E-state index in [0.717, 1.165) is 17.9 Å². The Morgan fingerprint density at radius 3 is 2.50 bits per heavy atom. The summed E-state index contributed by atoms with van der Waals surface area (Å²) in [6, 6.07) is 22.2. The van der Waals surface area contributed by atoms with E-state index in [1.165, 1.54) is 35.1 Å². The molecule has 0 saturated heterocycles. The van der Waals surface area contributed by atoms with Gasteiger partial charge in [-0.3, -0.25) is 0 Å². The molecule has 2 atom stereocenters. The molecule has 0 bridgehead atoms. The van der Waals surface area contributed by atoms with Crippen molar-refractivity contribution in [2.45, 2.75) is 44.4 Å². The highest BCUT2D eigenvalue weighted by Crippen LogP contribution is 2.45. The maximum Gasteiger partial charge on any atom is 0.0409 e. The number of aryl methyl sites for hydroxylation is 1. The van der Waals surface area contributed by atoms with E-state index in [2.05, 4.69) is 61.5 Å². The Morgan fingerprint density at radius 1 is 0.846 bits per heavy atom. The van der Waals surface area contributed by atoms with Gasteiger partial charge in [-0.2, -0.15) is 0 Å². The quantitative estimate of drug-likeness (QED) is 0.442. The molecular formula is C25H23Cl. The van der Waals surface area contributed by atoms with E-state index >= 15 is 0 Å². The van der Waals surface area contributed by atoms with Gasteiger partial charge in [0.1, 0.15) is 0 Å². The Bertz CT molecular complexity index is 971. The fourth-order valence-corrected chi connectivity index (χ4v) is 5.30. The van der Waals surface area contributed by atoms with Gasteiger partial charge in [0.15, 0.2) is 0 Å². The first-order valence-corrected chi connectivity index (χ1v) is 10.1. The molecule has 1 heteroatoms. The average Bonchev–Trinajstić information content (AvgIpc) is 2.67. The number of rotatable bonds is 1. The first kappa shape index (κ1) is 16.1. The van der Waals surface area contributed by atoms with Crippen LogP contribution in [0.15, 0.2) is 60.7 Å². The van der Waals surface area contributed by atoms with Crippen LogP contribution in [0.4, 0.5) is 0 Å². The molecule has 0 N–H and O–H groups in total. The highest BCUT2D eigenvalue weighted by Gasteiger charge is 2.29. The second-order valence-corrected chi connectivity index (χ2v) is 8.35. The molecule has 2 aliphatic carbocycles. The van der Waals surface area contributed by atoms with Gasteiger partial charge in [0, 0.05) is 5.02 Å². The molecule has 0 aliphatic heterocycles. The molecular weight excluding hydrogens is 336 g/mol. The molecule has 2 unspecified atom stereocenters. The average molecular weight is 359 g/mol. The summed E-state index contributed by atoms with van der Waals surface area (Å²) in [4.78, 5) is 0. The van der Waals surface area contributed by atoms with Crippen LogP contribution < -0.4 is 0 Å². The van der Waals surface area contributed by atoms with E-state index in [-0.39, 0.29) is 0 Å². The monoisotopic (exact) mass is 358 g/mol. The number of fused-ring (bicyclic) bond motifs is 5. The summed E-state index contributed by atoms with van der Waals surface area (Å²) in [5.74, 6) is 1.26.